The molecule has 0 amide bonds. The minimum atomic E-state index is 0.00905. The fourth-order valence-electron chi connectivity index (χ4n) is 4.20. The SMILES string of the molecule is CCCCCCOC(=O)CCCCCCCCCCC[N+](C)(CCCC)CCCC. The summed E-state index contributed by atoms with van der Waals surface area (Å²) in [5, 5.41) is 0. The molecule has 0 N–H and O–H groups in total. The second kappa shape index (κ2) is 21.7. The second-order valence-corrected chi connectivity index (χ2v) is 9.71. The van der Waals surface area contributed by atoms with Crippen molar-refractivity contribution in [3.05, 3.63) is 0 Å². The van der Waals surface area contributed by atoms with Gasteiger partial charge in [0.15, 0.2) is 0 Å². The third kappa shape index (κ3) is 19.4. The summed E-state index contributed by atoms with van der Waals surface area (Å²) in [6, 6.07) is 0. The van der Waals surface area contributed by atoms with Crippen molar-refractivity contribution in [2.45, 2.75) is 136 Å². The van der Waals surface area contributed by atoms with E-state index in [1.54, 1.807) is 0 Å². The van der Waals surface area contributed by atoms with E-state index >= 15 is 0 Å². The number of esters is 1. The van der Waals surface area contributed by atoms with Gasteiger partial charge in [0.05, 0.1) is 33.3 Å². The first kappa shape index (κ1) is 29.4. The lowest BCUT2D eigenvalue weighted by atomic mass is 10.1. The standard InChI is InChI=1S/C27H56NO2/c1-5-8-11-21-26-30-27(29)22-19-17-15-13-12-14-16-18-20-25-28(4,23-9-6-2)24-10-7-3/h5-26H2,1-4H3/q+1. The van der Waals surface area contributed by atoms with Crippen LogP contribution in [0.4, 0.5) is 0 Å². The van der Waals surface area contributed by atoms with Crippen LogP contribution in [0.2, 0.25) is 0 Å². The number of nitrogens with zero attached hydrogens (tertiary/aromatic N) is 1. The number of unbranched alkanes of at least 4 members (excludes halogenated alkanes) is 13. The molecule has 0 atom stereocenters. The van der Waals surface area contributed by atoms with Crippen molar-refractivity contribution in [3.63, 3.8) is 0 Å². The molecular formula is C27H56NO2+. The molecule has 0 bridgehead atoms. The van der Waals surface area contributed by atoms with Crippen LogP contribution >= 0.6 is 0 Å². The summed E-state index contributed by atoms with van der Waals surface area (Å²) in [4.78, 5) is 11.7. The van der Waals surface area contributed by atoms with E-state index in [-0.39, 0.29) is 5.97 Å². The van der Waals surface area contributed by atoms with Crippen LogP contribution in [-0.2, 0) is 9.53 Å². The molecule has 0 rings (SSSR count). The Bertz CT molecular complexity index is 362. The van der Waals surface area contributed by atoms with E-state index in [1.807, 2.05) is 0 Å². The van der Waals surface area contributed by atoms with Gasteiger partial charge in [0.2, 0.25) is 0 Å². The van der Waals surface area contributed by atoms with Crippen LogP contribution in [0.1, 0.15) is 136 Å². The topological polar surface area (TPSA) is 26.3 Å². The van der Waals surface area contributed by atoms with Gasteiger partial charge in [-0.2, -0.15) is 0 Å². The molecule has 0 unspecified atom stereocenters. The molecule has 180 valence electrons. The summed E-state index contributed by atoms with van der Waals surface area (Å²) in [7, 11) is 2.48. The highest BCUT2D eigenvalue weighted by molar-refractivity contribution is 5.69. The van der Waals surface area contributed by atoms with Crippen molar-refractivity contribution in [1.82, 2.24) is 0 Å². The summed E-state index contributed by atoms with van der Waals surface area (Å²) >= 11 is 0. The summed E-state index contributed by atoms with van der Waals surface area (Å²) < 4.78 is 6.59. The first-order valence-corrected chi connectivity index (χ1v) is 13.6. The number of ether oxygens (including phenoxy) is 1. The monoisotopic (exact) mass is 426 g/mol. The third-order valence-corrected chi connectivity index (χ3v) is 6.44. The first-order chi connectivity index (χ1) is 14.6. The van der Waals surface area contributed by atoms with Gasteiger partial charge in [0.25, 0.3) is 0 Å². The Morgan fingerprint density at radius 2 is 1.00 bits per heavy atom. The number of hydrogen-bond donors (Lipinski definition) is 0. The molecule has 0 saturated heterocycles. The molecule has 0 spiro atoms. The molecular weight excluding hydrogens is 370 g/mol. The molecule has 0 aromatic carbocycles. The molecule has 3 nitrogen and oxygen atoms in total. The van der Waals surface area contributed by atoms with E-state index in [4.69, 9.17) is 4.74 Å². The lowest BCUT2D eigenvalue weighted by Crippen LogP contribution is -2.46. The average Bonchev–Trinajstić information content (AvgIpc) is 2.74. The highest BCUT2D eigenvalue weighted by Gasteiger charge is 2.19. The Morgan fingerprint density at radius 1 is 0.567 bits per heavy atom. The van der Waals surface area contributed by atoms with Gasteiger partial charge in [-0.15, -0.1) is 0 Å². The molecule has 0 aliphatic heterocycles. The van der Waals surface area contributed by atoms with E-state index in [0.29, 0.717) is 13.0 Å². The van der Waals surface area contributed by atoms with Gasteiger partial charge in [-0.25, -0.2) is 0 Å². The van der Waals surface area contributed by atoms with Crippen LogP contribution in [0, 0.1) is 0 Å². The van der Waals surface area contributed by atoms with Crippen LogP contribution in [0.3, 0.4) is 0 Å². The van der Waals surface area contributed by atoms with Gasteiger partial charge in [-0.05, 0) is 38.5 Å². The summed E-state index contributed by atoms with van der Waals surface area (Å²) in [6.07, 6.45) is 22.4. The third-order valence-electron chi connectivity index (χ3n) is 6.44. The van der Waals surface area contributed by atoms with E-state index < -0.39 is 0 Å². The number of rotatable bonds is 23. The fraction of sp³-hybridized carbons (Fsp3) is 0.963. The Morgan fingerprint density at radius 3 is 1.53 bits per heavy atom. The molecule has 0 heterocycles. The minimum Gasteiger partial charge on any atom is -0.466 e. The largest absolute Gasteiger partial charge is 0.466 e. The van der Waals surface area contributed by atoms with Gasteiger partial charge in [-0.3, -0.25) is 4.79 Å². The summed E-state index contributed by atoms with van der Waals surface area (Å²) in [5.74, 6) is 0.00905. The first-order valence-electron chi connectivity index (χ1n) is 13.6. The highest BCUT2D eigenvalue weighted by Crippen LogP contribution is 2.14. The van der Waals surface area contributed by atoms with Gasteiger partial charge in [-0.1, -0.05) is 91.4 Å². The highest BCUT2D eigenvalue weighted by atomic mass is 16.5. The minimum absolute atomic E-state index is 0.00905. The molecule has 0 saturated carbocycles. The van der Waals surface area contributed by atoms with E-state index in [2.05, 4.69) is 27.8 Å². The van der Waals surface area contributed by atoms with E-state index in [1.165, 1.54) is 120 Å². The van der Waals surface area contributed by atoms with Crippen LogP contribution in [-0.4, -0.2) is 43.7 Å². The Labute approximate surface area is 189 Å². The molecule has 0 aliphatic carbocycles. The smallest absolute Gasteiger partial charge is 0.305 e. The van der Waals surface area contributed by atoms with Gasteiger partial charge < -0.3 is 9.22 Å². The quantitative estimate of drug-likeness (QED) is 0.0938. The normalized spacial score (nSPS) is 11.7. The molecule has 0 aliphatic rings. The van der Waals surface area contributed by atoms with E-state index in [0.717, 1.165) is 12.8 Å². The lowest BCUT2D eigenvalue weighted by molar-refractivity contribution is -0.910. The van der Waals surface area contributed by atoms with Crippen molar-refractivity contribution in [1.29, 1.82) is 0 Å². The maximum atomic E-state index is 11.7. The van der Waals surface area contributed by atoms with Crippen LogP contribution in [0.15, 0.2) is 0 Å². The molecule has 0 aromatic heterocycles. The van der Waals surface area contributed by atoms with Crippen LogP contribution in [0.25, 0.3) is 0 Å². The predicted molar refractivity (Wildman–Crippen MR) is 132 cm³/mol. The fourth-order valence-corrected chi connectivity index (χ4v) is 4.20. The van der Waals surface area contributed by atoms with Crippen LogP contribution in [0.5, 0.6) is 0 Å². The molecule has 30 heavy (non-hydrogen) atoms. The Hall–Kier alpha value is -0.570. The number of carbonyl (C=O) groups is 1. The maximum Gasteiger partial charge on any atom is 0.305 e. The van der Waals surface area contributed by atoms with Crippen molar-refractivity contribution in [2.75, 3.05) is 33.3 Å². The molecule has 0 aromatic rings. The Kier molecular flexibility index (Phi) is 21.2. The predicted octanol–water partition coefficient (Wildman–Crippen LogP) is 8.06. The number of quaternary nitrogens is 1. The zero-order chi connectivity index (χ0) is 22.3. The van der Waals surface area contributed by atoms with Crippen LogP contribution < -0.4 is 0 Å². The van der Waals surface area contributed by atoms with Gasteiger partial charge >= 0.3 is 5.97 Å². The van der Waals surface area contributed by atoms with E-state index in [9.17, 15) is 4.79 Å². The van der Waals surface area contributed by atoms with Gasteiger partial charge in [0, 0.05) is 6.42 Å². The zero-order valence-electron chi connectivity index (χ0n) is 21.3. The summed E-state index contributed by atoms with van der Waals surface area (Å²) in [5.41, 5.74) is 0. The average molecular weight is 427 g/mol. The lowest BCUT2D eigenvalue weighted by Gasteiger charge is -2.35. The zero-order valence-corrected chi connectivity index (χ0v) is 21.3. The van der Waals surface area contributed by atoms with Gasteiger partial charge in [0.1, 0.15) is 0 Å². The maximum absolute atomic E-state index is 11.7. The number of carbonyl (C=O) groups excluding carboxylic acids is 1. The summed E-state index contributed by atoms with van der Waals surface area (Å²) in [6.45, 7) is 11.5. The van der Waals surface area contributed by atoms with Crippen molar-refractivity contribution in [2.24, 2.45) is 0 Å². The number of hydrogen-bond acceptors (Lipinski definition) is 2. The van der Waals surface area contributed by atoms with Crippen molar-refractivity contribution < 1.29 is 14.0 Å². The Balaban J connectivity index is 3.49. The van der Waals surface area contributed by atoms with Crippen molar-refractivity contribution >= 4 is 5.97 Å². The molecule has 0 radical (unpaired) electrons. The second-order valence-electron chi connectivity index (χ2n) is 9.71. The molecule has 3 heteroatoms. The molecule has 0 fully saturated rings. The van der Waals surface area contributed by atoms with Crippen molar-refractivity contribution in [3.8, 4) is 0 Å².